The third-order valence-electron chi connectivity index (χ3n) is 2.56. The Morgan fingerprint density at radius 1 is 1.27 bits per heavy atom. The lowest BCUT2D eigenvalue weighted by Crippen LogP contribution is -2.09. The first-order chi connectivity index (χ1) is 5.27. The van der Waals surface area contributed by atoms with E-state index in [9.17, 15) is 4.55 Å². The molecule has 0 aromatic rings. The molecular formula is C7H10OS3. The molecule has 6 atom stereocenters. The van der Waals surface area contributed by atoms with Crippen LogP contribution in [0.1, 0.15) is 6.92 Å². The van der Waals surface area contributed by atoms with Crippen molar-refractivity contribution in [3.63, 3.8) is 0 Å². The van der Waals surface area contributed by atoms with Gasteiger partial charge in [-0.1, -0.05) is 6.92 Å². The molecule has 0 N–H and O–H groups in total. The van der Waals surface area contributed by atoms with Crippen molar-refractivity contribution in [3.8, 4) is 0 Å². The van der Waals surface area contributed by atoms with Crippen molar-refractivity contribution in [2.75, 3.05) is 5.75 Å². The minimum absolute atomic E-state index is 0.417. The zero-order chi connectivity index (χ0) is 7.59. The van der Waals surface area contributed by atoms with Gasteiger partial charge in [0.1, 0.15) is 0 Å². The highest BCUT2D eigenvalue weighted by molar-refractivity contribution is 8.13. The fraction of sp³-hybridized carbons (Fsp3) is 1.00. The molecule has 6 unspecified atom stereocenters. The molecular weight excluding hydrogens is 196 g/mol. The van der Waals surface area contributed by atoms with Gasteiger partial charge in [0, 0.05) is 15.7 Å². The van der Waals surface area contributed by atoms with E-state index < -0.39 is 11.2 Å². The molecule has 3 rings (SSSR count). The molecule has 3 aliphatic heterocycles. The minimum Gasteiger partial charge on any atom is -0.616 e. The molecule has 1 nitrogen and oxygen atoms in total. The number of hydrogen-bond acceptors (Lipinski definition) is 3. The van der Waals surface area contributed by atoms with E-state index >= 15 is 0 Å². The molecule has 0 radical (unpaired) electrons. The van der Waals surface area contributed by atoms with Gasteiger partial charge < -0.3 is 4.55 Å². The van der Waals surface area contributed by atoms with Crippen molar-refractivity contribution in [2.24, 2.45) is 0 Å². The van der Waals surface area contributed by atoms with Crippen molar-refractivity contribution >= 4 is 34.7 Å². The lowest BCUT2D eigenvalue weighted by atomic mass is 10.2. The van der Waals surface area contributed by atoms with Crippen LogP contribution in [0.4, 0.5) is 0 Å². The highest BCUT2D eigenvalue weighted by Crippen LogP contribution is 2.61. The van der Waals surface area contributed by atoms with Gasteiger partial charge in [-0.15, -0.1) is 11.8 Å². The third-order valence-corrected chi connectivity index (χ3v) is 7.25. The summed E-state index contributed by atoms with van der Waals surface area (Å²) in [7, 11) is 0. The van der Waals surface area contributed by atoms with Crippen LogP contribution in [0, 0.1) is 0 Å². The van der Waals surface area contributed by atoms with Gasteiger partial charge in [0.25, 0.3) is 0 Å². The highest BCUT2D eigenvalue weighted by atomic mass is 32.2. The maximum atomic E-state index is 10.9. The monoisotopic (exact) mass is 206 g/mol. The lowest BCUT2D eigenvalue weighted by molar-refractivity contribution is 0.611. The molecule has 0 aromatic carbocycles. The number of hydrogen-bond donors (Lipinski definition) is 0. The molecule has 3 aliphatic rings. The van der Waals surface area contributed by atoms with Gasteiger partial charge in [0.15, 0.2) is 11.0 Å². The molecule has 3 saturated heterocycles. The zero-order valence-electron chi connectivity index (χ0n) is 6.23. The van der Waals surface area contributed by atoms with Crippen LogP contribution in [0.3, 0.4) is 0 Å². The Kier molecular flexibility index (Phi) is 1.54. The highest BCUT2D eigenvalue weighted by Gasteiger charge is 2.64. The van der Waals surface area contributed by atoms with E-state index in [0.717, 1.165) is 26.8 Å². The normalized spacial score (nSPS) is 66.0. The van der Waals surface area contributed by atoms with Crippen LogP contribution in [0.15, 0.2) is 0 Å². The molecule has 3 heterocycles. The van der Waals surface area contributed by atoms with Crippen molar-refractivity contribution in [1.29, 1.82) is 0 Å². The lowest BCUT2D eigenvalue weighted by Gasteiger charge is -1.87. The number of thioether (sulfide) groups is 2. The summed E-state index contributed by atoms with van der Waals surface area (Å²) in [6.45, 7) is 2.30. The molecule has 4 heteroatoms. The molecule has 0 aliphatic carbocycles. The maximum Gasteiger partial charge on any atom is 0.172 e. The van der Waals surface area contributed by atoms with Crippen LogP contribution in [-0.4, -0.2) is 36.6 Å². The summed E-state index contributed by atoms with van der Waals surface area (Å²) in [6, 6.07) is 0. The standard InChI is InChI=1S/C7H10OS3/c1-3-5(9-3)7-6(10-7)4-2-11(4)8/h3-7H,2H2,1H3. The fourth-order valence-corrected chi connectivity index (χ4v) is 6.26. The molecule has 62 valence electrons. The van der Waals surface area contributed by atoms with Gasteiger partial charge >= 0.3 is 0 Å². The Labute approximate surface area is 78.3 Å². The summed E-state index contributed by atoms with van der Waals surface area (Å²) in [6.07, 6.45) is 0. The van der Waals surface area contributed by atoms with E-state index in [1.165, 1.54) is 0 Å². The summed E-state index contributed by atoms with van der Waals surface area (Å²) in [5.41, 5.74) is 0. The first kappa shape index (κ1) is 7.42. The molecule has 0 saturated carbocycles. The SMILES string of the molecule is CC1SC1C1SC1C1C[S+]1[O-]. The molecule has 0 aromatic heterocycles. The van der Waals surface area contributed by atoms with Crippen molar-refractivity contribution in [3.05, 3.63) is 0 Å². The van der Waals surface area contributed by atoms with Gasteiger partial charge in [-0.05, 0) is 11.2 Å². The fourth-order valence-electron chi connectivity index (χ4n) is 1.61. The topological polar surface area (TPSA) is 23.1 Å². The van der Waals surface area contributed by atoms with E-state index in [1.807, 2.05) is 0 Å². The second kappa shape index (κ2) is 2.28. The van der Waals surface area contributed by atoms with Crippen LogP contribution < -0.4 is 0 Å². The van der Waals surface area contributed by atoms with Crippen LogP contribution >= 0.6 is 23.5 Å². The summed E-state index contributed by atoms with van der Waals surface area (Å²) < 4.78 is 10.9. The quantitative estimate of drug-likeness (QED) is 0.499. The zero-order valence-corrected chi connectivity index (χ0v) is 8.68. The third kappa shape index (κ3) is 1.23. The van der Waals surface area contributed by atoms with E-state index in [0.29, 0.717) is 5.25 Å². The minimum atomic E-state index is -0.417. The predicted octanol–water partition coefficient (Wildman–Crippen LogP) is 1.11. The maximum absolute atomic E-state index is 10.9. The van der Waals surface area contributed by atoms with Gasteiger partial charge in [0.05, 0.1) is 5.25 Å². The predicted molar refractivity (Wildman–Crippen MR) is 52.8 cm³/mol. The van der Waals surface area contributed by atoms with E-state index in [4.69, 9.17) is 0 Å². The Bertz CT molecular complexity index is 178. The van der Waals surface area contributed by atoms with E-state index in [1.54, 1.807) is 0 Å². The molecule has 3 fully saturated rings. The second-order valence-corrected chi connectivity index (χ2v) is 8.08. The summed E-state index contributed by atoms with van der Waals surface area (Å²) >= 11 is 3.75. The average Bonchev–Trinajstić information content (AvgIpc) is 2.61. The van der Waals surface area contributed by atoms with Gasteiger partial charge in [-0.25, -0.2) is 0 Å². The van der Waals surface area contributed by atoms with Crippen LogP contribution in [0.5, 0.6) is 0 Å². The average molecular weight is 206 g/mol. The molecule has 0 spiro atoms. The molecule has 11 heavy (non-hydrogen) atoms. The number of rotatable bonds is 2. The van der Waals surface area contributed by atoms with E-state index in [2.05, 4.69) is 30.4 Å². The van der Waals surface area contributed by atoms with Crippen molar-refractivity contribution in [1.82, 2.24) is 0 Å². The summed E-state index contributed by atoms with van der Waals surface area (Å²) in [5, 5.41) is 4.08. The Morgan fingerprint density at radius 3 is 2.36 bits per heavy atom. The van der Waals surface area contributed by atoms with Crippen molar-refractivity contribution < 1.29 is 4.55 Å². The van der Waals surface area contributed by atoms with Crippen LogP contribution in [-0.2, 0) is 11.2 Å². The summed E-state index contributed by atoms with van der Waals surface area (Å²) in [4.78, 5) is 0. The first-order valence-electron chi connectivity index (χ1n) is 3.95. The second-order valence-electron chi connectivity index (χ2n) is 3.46. The summed E-state index contributed by atoms with van der Waals surface area (Å²) in [5.74, 6) is 1.000. The van der Waals surface area contributed by atoms with Gasteiger partial charge in [-0.2, -0.15) is 11.8 Å². The van der Waals surface area contributed by atoms with Gasteiger partial charge in [0.2, 0.25) is 0 Å². The Balaban J connectivity index is 1.55. The Hall–Kier alpha value is 1.01. The van der Waals surface area contributed by atoms with E-state index in [-0.39, 0.29) is 0 Å². The smallest absolute Gasteiger partial charge is 0.172 e. The van der Waals surface area contributed by atoms with Crippen molar-refractivity contribution in [2.45, 2.75) is 33.2 Å². The van der Waals surface area contributed by atoms with Gasteiger partial charge in [-0.3, -0.25) is 0 Å². The molecule has 0 bridgehead atoms. The largest absolute Gasteiger partial charge is 0.616 e. The van der Waals surface area contributed by atoms with Crippen LogP contribution in [0.25, 0.3) is 0 Å². The molecule has 0 amide bonds. The first-order valence-corrected chi connectivity index (χ1v) is 7.22. The van der Waals surface area contributed by atoms with Crippen LogP contribution in [0.2, 0.25) is 0 Å². The Morgan fingerprint density at radius 2 is 1.91 bits per heavy atom.